The number of hydrogen-bond donors (Lipinski definition) is 4. The Morgan fingerprint density at radius 1 is 0.742 bits per heavy atom. The number of aromatic hydroxyl groups is 3. The summed E-state index contributed by atoms with van der Waals surface area (Å²) in [6.07, 6.45) is -0.749. The second-order valence-electron chi connectivity index (χ2n) is 6.71. The molecule has 0 saturated carbocycles. The lowest BCUT2D eigenvalue weighted by Gasteiger charge is -2.31. The molecule has 0 spiro atoms. The van der Waals surface area contributed by atoms with Gasteiger partial charge in [-0.15, -0.1) is 0 Å². The second kappa shape index (κ2) is 8.28. The van der Waals surface area contributed by atoms with E-state index in [0.717, 1.165) is 0 Å². The number of amidine groups is 2. The summed E-state index contributed by atoms with van der Waals surface area (Å²) in [6, 6.07) is 13.8. The van der Waals surface area contributed by atoms with Gasteiger partial charge < -0.3 is 15.3 Å². The standard InChI is InChI=1S/C21H15Cl3N4O3/c22-13-7-10(1-4-16(13)29)19-26-20(11-2-5-17(30)14(23)8-11)28(25)21(27-19)12-3-6-18(31)15(24)9-12/h1-9,20,29-31H,25H2. The SMILES string of the molecule is NN1C(c2ccc(O)c(Cl)c2)=NC(c2ccc(O)c(Cl)c2)=NC1c1ccc(O)c(Cl)c1. The lowest BCUT2D eigenvalue weighted by Crippen LogP contribution is -2.43. The zero-order valence-corrected chi connectivity index (χ0v) is 17.9. The van der Waals surface area contributed by atoms with E-state index in [4.69, 9.17) is 40.6 Å². The van der Waals surface area contributed by atoms with E-state index < -0.39 is 6.17 Å². The number of aliphatic imine (C=N–C) groups is 2. The third kappa shape index (κ3) is 4.13. The Labute approximate surface area is 192 Å². The molecule has 5 N–H and O–H groups in total. The van der Waals surface area contributed by atoms with Crippen molar-refractivity contribution >= 4 is 46.5 Å². The Bertz CT molecular complexity index is 1250. The van der Waals surface area contributed by atoms with Gasteiger partial charge in [-0.05, 0) is 54.1 Å². The number of phenols is 3. The molecule has 0 aliphatic carbocycles. The van der Waals surface area contributed by atoms with Crippen molar-refractivity contribution in [2.45, 2.75) is 6.17 Å². The first-order chi connectivity index (χ1) is 14.7. The lowest BCUT2D eigenvalue weighted by molar-refractivity contribution is 0.332. The number of rotatable bonds is 3. The number of nitrogens with two attached hydrogens (primary N) is 1. The maximum atomic E-state index is 9.77. The number of hydrogen-bond acceptors (Lipinski definition) is 7. The molecule has 0 amide bonds. The molecular formula is C21H15Cl3N4O3. The number of halogens is 3. The Balaban J connectivity index is 1.88. The van der Waals surface area contributed by atoms with Gasteiger partial charge in [0.25, 0.3) is 0 Å². The molecule has 3 aromatic rings. The number of phenolic OH excluding ortho intramolecular Hbond substituents is 3. The van der Waals surface area contributed by atoms with Crippen molar-refractivity contribution < 1.29 is 15.3 Å². The van der Waals surface area contributed by atoms with Gasteiger partial charge in [-0.25, -0.2) is 15.8 Å². The van der Waals surface area contributed by atoms with Crippen LogP contribution >= 0.6 is 34.8 Å². The zero-order chi connectivity index (χ0) is 22.3. The average Bonchev–Trinajstić information content (AvgIpc) is 2.74. The van der Waals surface area contributed by atoms with E-state index in [1.807, 2.05) is 0 Å². The number of benzene rings is 3. The third-order valence-electron chi connectivity index (χ3n) is 4.65. The van der Waals surface area contributed by atoms with Crippen LogP contribution in [0.15, 0.2) is 64.6 Å². The molecule has 0 radical (unpaired) electrons. The van der Waals surface area contributed by atoms with Crippen LogP contribution in [-0.4, -0.2) is 32.0 Å². The fourth-order valence-corrected chi connectivity index (χ4v) is 3.59. The van der Waals surface area contributed by atoms with Crippen LogP contribution in [0.25, 0.3) is 0 Å². The summed E-state index contributed by atoms with van der Waals surface area (Å²) < 4.78 is 0. The van der Waals surface area contributed by atoms with E-state index in [1.54, 1.807) is 24.3 Å². The van der Waals surface area contributed by atoms with E-state index in [1.165, 1.54) is 35.3 Å². The van der Waals surface area contributed by atoms with Gasteiger partial charge in [0.1, 0.15) is 17.2 Å². The highest BCUT2D eigenvalue weighted by Crippen LogP contribution is 2.34. The fraction of sp³-hybridized carbons (Fsp3) is 0.0476. The summed E-state index contributed by atoms with van der Waals surface area (Å²) >= 11 is 18.2. The molecule has 4 rings (SSSR count). The Kier molecular flexibility index (Phi) is 5.68. The number of hydrazine groups is 1. The van der Waals surface area contributed by atoms with Crippen molar-refractivity contribution in [2.24, 2.45) is 15.8 Å². The first-order valence-electron chi connectivity index (χ1n) is 8.91. The second-order valence-corrected chi connectivity index (χ2v) is 7.93. The van der Waals surface area contributed by atoms with Crippen LogP contribution < -0.4 is 5.84 Å². The molecule has 10 heteroatoms. The smallest absolute Gasteiger partial charge is 0.164 e. The van der Waals surface area contributed by atoms with Crippen LogP contribution in [0, 0.1) is 0 Å². The highest BCUT2D eigenvalue weighted by molar-refractivity contribution is 6.33. The van der Waals surface area contributed by atoms with Gasteiger partial charge in [-0.2, -0.15) is 0 Å². The van der Waals surface area contributed by atoms with Gasteiger partial charge in [0.05, 0.1) is 15.1 Å². The average molecular weight is 478 g/mol. The lowest BCUT2D eigenvalue weighted by atomic mass is 10.1. The molecule has 158 valence electrons. The van der Waals surface area contributed by atoms with Crippen LogP contribution in [0.3, 0.4) is 0 Å². The Morgan fingerprint density at radius 2 is 1.26 bits per heavy atom. The quantitative estimate of drug-likeness (QED) is 0.403. The molecular weight excluding hydrogens is 463 g/mol. The minimum absolute atomic E-state index is 0.0707. The molecule has 0 aromatic heterocycles. The van der Waals surface area contributed by atoms with Crippen molar-refractivity contribution in [3.05, 3.63) is 86.4 Å². The predicted molar refractivity (Wildman–Crippen MR) is 121 cm³/mol. The minimum atomic E-state index is -0.749. The monoisotopic (exact) mass is 476 g/mol. The van der Waals surface area contributed by atoms with Crippen molar-refractivity contribution in [3.8, 4) is 17.2 Å². The first-order valence-corrected chi connectivity index (χ1v) is 10.0. The van der Waals surface area contributed by atoms with E-state index >= 15 is 0 Å². The van der Waals surface area contributed by atoms with Crippen molar-refractivity contribution in [2.75, 3.05) is 0 Å². The fourth-order valence-electron chi connectivity index (χ4n) is 3.04. The molecule has 1 heterocycles. The first kappa shape index (κ1) is 21.3. The molecule has 0 saturated heterocycles. The van der Waals surface area contributed by atoms with Gasteiger partial charge >= 0.3 is 0 Å². The topological polar surface area (TPSA) is 115 Å². The van der Waals surface area contributed by atoms with E-state index in [2.05, 4.69) is 9.98 Å². The molecule has 1 aliphatic rings. The molecule has 3 aromatic carbocycles. The van der Waals surface area contributed by atoms with Gasteiger partial charge in [-0.1, -0.05) is 40.9 Å². The third-order valence-corrected chi connectivity index (χ3v) is 5.55. The van der Waals surface area contributed by atoms with Gasteiger partial charge in [0, 0.05) is 11.1 Å². The summed E-state index contributed by atoms with van der Waals surface area (Å²) in [7, 11) is 0. The largest absolute Gasteiger partial charge is 0.506 e. The van der Waals surface area contributed by atoms with Crippen LogP contribution in [0.2, 0.25) is 15.1 Å². The van der Waals surface area contributed by atoms with E-state index in [0.29, 0.717) is 28.4 Å². The van der Waals surface area contributed by atoms with Crippen molar-refractivity contribution in [1.29, 1.82) is 0 Å². The Hall–Kier alpha value is -2.97. The zero-order valence-electron chi connectivity index (χ0n) is 15.7. The van der Waals surface area contributed by atoms with Crippen LogP contribution in [0.4, 0.5) is 0 Å². The van der Waals surface area contributed by atoms with Crippen molar-refractivity contribution in [1.82, 2.24) is 5.01 Å². The minimum Gasteiger partial charge on any atom is -0.506 e. The van der Waals surface area contributed by atoms with Gasteiger partial charge in [0.2, 0.25) is 0 Å². The molecule has 1 aliphatic heterocycles. The van der Waals surface area contributed by atoms with E-state index in [9.17, 15) is 15.3 Å². The maximum Gasteiger partial charge on any atom is 0.164 e. The normalized spacial score (nSPS) is 16.1. The predicted octanol–water partition coefficient (Wildman–Crippen LogP) is 4.85. The number of nitrogens with zero attached hydrogens (tertiary/aromatic N) is 3. The summed E-state index contributed by atoms with van der Waals surface area (Å²) in [5.74, 6) is 6.78. The summed E-state index contributed by atoms with van der Waals surface area (Å²) in [4.78, 5) is 9.19. The van der Waals surface area contributed by atoms with Gasteiger partial charge in [-0.3, -0.25) is 5.01 Å². The molecule has 1 atom stereocenters. The molecule has 0 fully saturated rings. The van der Waals surface area contributed by atoms with Crippen LogP contribution in [0.1, 0.15) is 22.9 Å². The van der Waals surface area contributed by atoms with Gasteiger partial charge in [0.15, 0.2) is 17.8 Å². The van der Waals surface area contributed by atoms with E-state index in [-0.39, 0.29) is 32.3 Å². The highest BCUT2D eigenvalue weighted by atomic mass is 35.5. The summed E-state index contributed by atoms with van der Waals surface area (Å²) in [5, 5.41) is 31.0. The summed E-state index contributed by atoms with van der Waals surface area (Å²) in [6.45, 7) is 0. The Morgan fingerprint density at radius 3 is 1.84 bits per heavy atom. The molecule has 7 nitrogen and oxygen atoms in total. The molecule has 0 bridgehead atoms. The highest BCUT2D eigenvalue weighted by Gasteiger charge is 2.28. The summed E-state index contributed by atoms with van der Waals surface area (Å²) in [5.41, 5.74) is 1.69. The molecule has 31 heavy (non-hydrogen) atoms. The maximum absolute atomic E-state index is 9.77. The van der Waals surface area contributed by atoms with Crippen molar-refractivity contribution in [3.63, 3.8) is 0 Å². The van der Waals surface area contributed by atoms with Crippen LogP contribution in [-0.2, 0) is 0 Å². The van der Waals surface area contributed by atoms with Crippen LogP contribution in [0.5, 0.6) is 17.2 Å². The molecule has 1 unspecified atom stereocenters.